The SMILES string of the molecule is CCCN=C(NCC)NCCCc1ccc(O)cc1.I. The van der Waals surface area contributed by atoms with Crippen LogP contribution in [0.1, 0.15) is 32.3 Å². The maximum Gasteiger partial charge on any atom is 0.191 e. The average Bonchev–Trinajstić information content (AvgIpc) is 2.42. The second-order valence-electron chi connectivity index (χ2n) is 4.46. The van der Waals surface area contributed by atoms with E-state index in [2.05, 4.69) is 29.5 Å². The summed E-state index contributed by atoms with van der Waals surface area (Å²) in [6.45, 7) is 6.83. The Bertz CT molecular complexity index is 379. The fourth-order valence-corrected chi connectivity index (χ4v) is 1.73. The third-order valence-electron chi connectivity index (χ3n) is 2.71. The minimum Gasteiger partial charge on any atom is -0.508 e. The van der Waals surface area contributed by atoms with Crippen molar-refractivity contribution in [1.82, 2.24) is 10.6 Å². The van der Waals surface area contributed by atoms with Crippen molar-refractivity contribution >= 4 is 29.9 Å². The zero-order valence-electron chi connectivity index (χ0n) is 12.4. The van der Waals surface area contributed by atoms with Crippen molar-refractivity contribution in [2.75, 3.05) is 19.6 Å². The molecule has 3 N–H and O–H groups in total. The second kappa shape index (κ2) is 11.8. The number of nitrogens with zero attached hydrogens (tertiary/aromatic N) is 1. The first kappa shape index (κ1) is 19.0. The van der Waals surface area contributed by atoms with Crippen LogP contribution in [0.3, 0.4) is 0 Å². The van der Waals surface area contributed by atoms with Gasteiger partial charge in [-0.2, -0.15) is 0 Å². The van der Waals surface area contributed by atoms with Gasteiger partial charge in [0, 0.05) is 19.6 Å². The lowest BCUT2D eigenvalue weighted by Crippen LogP contribution is -2.38. The van der Waals surface area contributed by atoms with E-state index in [1.807, 2.05) is 12.1 Å². The molecule has 114 valence electrons. The molecule has 0 atom stereocenters. The summed E-state index contributed by atoms with van der Waals surface area (Å²) in [6.07, 6.45) is 3.10. The first-order chi connectivity index (χ1) is 9.26. The van der Waals surface area contributed by atoms with Gasteiger partial charge in [-0.05, 0) is 43.9 Å². The molecule has 0 aliphatic rings. The van der Waals surface area contributed by atoms with Gasteiger partial charge in [0.2, 0.25) is 0 Å². The fraction of sp³-hybridized carbons (Fsp3) is 0.533. The summed E-state index contributed by atoms with van der Waals surface area (Å²) < 4.78 is 0. The molecule has 0 spiro atoms. The molecule has 5 heteroatoms. The molecule has 0 unspecified atom stereocenters. The molecule has 20 heavy (non-hydrogen) atoms. The standard InChI is InChI=1S/C15H25N3O.HI/c1-3-11-17-15(16-4-2)18-12-5-6-13-7-9-14(19)10-8-13;/h7-10,19H,3-6,11-12H2,1-2H3,(H2,16,17,18);1H. The van der Waals surface area contributed by atoms with Crippen molar-refractivity contribution in [3.63, 3.8) is 0 Å². The predicted octanol–water partition coefficient (Wildman–Crippen LogP) is 2.91. The Kier molecular flexibility index (Phi) is 11.2. The largest absolute Gasteiger partial charge is 0.508 e. The number of hydrogen-bond donors (Lipinski definition) is 3. The minimum absolute atomic E-state index is 0. The molecule has 0 radical (unpaired) electrons. The van der Waals surface area contributed by atoms with Crippen LogP contribution in [0.15, 0.2) is 29.3 Å². The van der Waals surface area contributed by atoms with Gasteiger partial charge in [-0.1, -0.05) is 19.1 Å². The van der Waals surface area contributed by atoms with Crippen molar-refractivity contribution in [2.24, 2.45) is 4.99 Å². The normalized spacial score (nSPS) is 10.8. The number of guanidine groups is 1. The molecule has 0 aliphatic heterocycles. The first-order valence-corrected chi connectivity index (χ1v) is 7.06. The van der Waals surface area contributed by atoms with Crippen LogP contribution in [-0.2, 0) is 6.42 Å². The summed E-state index contributed by atoms with van der Waals surface area (Å²) >= 11 is 0. The summed E-state index contributed by atoms with van der Waals surface area (Å²) in [4.78, 5) is 4.45. The van der Waals surface area contributed by atoms with Crippen molar-refractivity contribution in [3.8, 4) is 5.75 Å². The lowest BCUT2D eigenvalue weighted by molar-refractivity contribution is 0.475. The number of phenols is 1. The van der Waals surface area contributed by atoms with E-state index in [0.717, 1.165) is 44.9 Å². The molecule has 0 aromatic heterocycles. The molecule has 1 aromatic carbocycles. The van der Waals surface area contributed by atoms with Gasteiger partial charge in [-0.3, -0.25) is 4.99 Å². The molecule has 0 bridgehead atoms. The molecule has 1 aromatic rings. The van der Waals surface area contributed by atoms with Crippen molar-refractivity contribution in [2.45, 2.75) is 33.1 Å². The highest BCUT2D eigenvalue weighted by Crippen LogP contribution is 2.10. The summed E-state index contributed by atoms with van der Waals surface area (Å²) in [5.41, 5.74) is 1.25. The third-order valence-corrected chi connectivity index (χ3v) is 2.71. The molecule has 0 saturated carbocycles. The monoisotopic (exact) mass is 391 g/mol. The molecule has 0 amide bonds. The van der Waals surface area contributed by atoms with E-state index in [4.69, 9.17) is 0 Å². The Hall–Kier alpha value is -0.980. The number of hydrogen-bond acceptors (Lipinski definition) is 2. The van der Waals surface area contributed by atoms with Crippen LogP contribution in [0.25, 0.3) is 0 Å². The van der Waals surface area contributed by atoms with Gasteiger partial charge in [0.1, 0.15) is 5.75 Å². The van der Waals surface area contributed by atoms with E-state index >= 15 is 0 Å². The highest BCUT2D eigenvalue weighted by molar-refractivity contribution is 14.0. The number of rotatable bonds is 7. The molecule has 0 aliphatic carbocycles. The quantitative estimate of drug-likeness (QED) is 0.290. The Morgan fingerprint density at radius 1 is 1.15 bits per heavy atom. The zero-order valence-corrected chi connectivity index (χ0v) is 14.7. The van der Waals surface area contributed by atoms with Crippen LogP contribution < -0.4 is 10.6 Å². The first-order valence-electron chi connectivity index (χ1n) is 7.06. The van der Waals surface area contributed by atoms with Crippen LogP contribution in [0.5, 0.6) is 5.75 Å². The van der Waals surface area contributed by atoms with Gasteiger partial charge < -0.3 is 15.7 Å². The van der Waals surface area contributed by atoms with E-state index in [1.54, 1.807) is 12.1 Å². The number of aryl methyl sites for hydroxylation is 1. The number of halogens is 1. The van der Waals surface area contributed by atoms with E-state index in [-0.39, 0.29) is 24.0 Å². The van der Waals surface area contributed by atoms with Crippen LogP contribution in [0, 0.1) is 0 Å². The predicted molar refractivity (Wildman–Crippen MR) is 96.1 cm³/mol. The maximum atomic E-state index is 9.21. The fourth-order valence-electron chi connectivity index (χ4n) is 1.73. The molecule has 0 fully saturated rings. The van der Waals surface area contributed by atoms with Gasteiger partial charge in [-0.25, -0.2) is 0 Å². The molecular weight excluding hydrogens is 365 g/mol. The lowest BCUT2D eigenvalue weighted by atomic mass is 10.1. The Morgan fingerprint density at radius 3 is 2.45 bits per heavy atom. The van der Waals surface area contributed by atoms with Crippen LogP contribution in [0.2, 0.25) is 0 Å². The van der Waals surface area contributed by atoms with Gasteiger partial charge in [0.25, 0.3) is 0 Å². The van der Waals surface area contributed by atoms with Gasteiger partial charge >= 0.3 is 0 Å². The molecule has 0 heterocycles. The van der Waals surface area contributed by atoms with E-state index in [0.29, 0.717) is 5.75 Å². The van der Waals surface area contributed by atoms with Crippen LogP contribution >= 0.6 is 24.0 Å². The van der Waals surface area contributed by atoms with Crippen LogP contribution in [0.4, 0.5) is 0 Å². The number of aromatic hydroxyl groups is 1. The summed E-state index contributed by atoms with van der Waals surface area (Å²) in [5, 5.41) is 15.8. The van der Waals surface area contributed by atoms with Gasteiger partial charge in [0.05, 0.1) is 0 Å². The Morgan fingerprint density at radius 2 is 1.85 bits per heavy atom. The van der Waals surface area contributed by atoms with E-state index < -0.39 is 0 Å². The van der Waals surface area contributed by atoms with Crippen molar-refractivity contribution in [3.05, 3.63) is 29.8 Å². The smallest absolute Gasteiger partial charge is 0.191 e. The Balaban J connectivity index is 0.00000361. The third kappa shape index (κ3) is 8.24. The summed E-state index contributed by atoms with van der Waals surface area (Å²) in [6, 6.07) is 7.39. The summed E-state index contributed by atoms with van der Waals surface area (Å²) in [7, 11) is 0. The molecule has 4 nitrogen and oxygen atoms in total. The zero-order chi connectivity index (χ0) is 13.9. The lowest BCUT2D eigenvalue weighted by Gasteiger charge is -2.11. The van der Waals surface area contributed by atoms with E-state index in [1.165, 1.54) is 5.56 Å². The Labute approximate surface area is 139 Å². The second-order valence-corrected chi connectivity index (χ2v) is 4.46. The van der Waals surface area contributed by atoms with E-state index in [9.17, 15) is 5.11 Å². The maximum absolute atomic E-state index is 9.21. The van der Waals surface area contributed by atoms with Crippen molar-refractivity contribution in [1.29, 1.82) is 0 Å². The van der Waals surface area contributed by atoms with Crippen LogP contribution in [-0.4, -0.2) is 30.7 Å². The minimum atomic E-state index is 0. The number of phenolic OH excluding ortho intramolecular Hbond substituents is 1. The average molecular weight is 391 g/mol. The molecule has 0 saturated heterocycles. The van der Waals surface area contributed by atoms with Gasteiger partial charge in [0.15, 0.2) is 5.96 Å². The number of aliphatic imine (C=N–C) groups is 1. The highest BCUT2D eigenvalue weighted by Gasteiger charge is 1.97. The number of nitrogens with one attached hydrogen (secondary N) is 2. The highest BCUT2D eigenvalue weighted by atomic mass is 127. The number of benzene rings is 1. The van der Waals surface area contributed by atoms with Crippen molar-refractivity contribution < 1.29 is 5.11 Å². The van der Waals surface area contributed by atoms with Gasteiger partial charge in [-0.15, -0.1) is 24.0 Å². The topological polar surface area (TPSA) is 56.7 Å². The molecule has 1 rings (SSSR count). The molecular formula is C15H26IN3O. The summed E-state index contributed by atoms with van der Waals surface area (Å²) in [5.74, 6) is 1.22.